The molecular weight excluding hydrogens is 958 g/mol. The monoisotopic (exact) mass is 1020 g/mol. The molecule has 18 heteroatoms. The quantitative estimate of drug-likeness (QED) is 0.0905. The van der Waals surface area contributed by atoms with E-state index in [0.717, 1.165) is 87.5 Å². The number of piperidine rings is 2. The number of nitrogens with two attached hydrogens (primary N) is 1. The Labute approximate surface area is 428 Å². The Bertz CT molecular complexity index is 2940. The van der Waals surface area contributed by atoms with E-state index in [4.69, 9.17) is 26.8 Å². The molecule has 5 N–H and O–H groups in total. The second kappa shape index (κ2) is 20.6. The molecule has 1 unspecified atom stereocenters. The van der Waals surface area contributed by atoms with Crippen LogP contribution in [0.3, 0.4) is 0 Å². The summed E-state index contributed by atoms with van der Waals surface area (Å²) in [6.07, 6.45) is 7.21. The molecule has 1 aliphatic carbocycles. The van der Waals surface area contributed by atoms with Crippen molar-refractivity contribution in [1.82, 2.24) is 30.2 Å². The maximum Gasteiger partial charge on any atom is 0.329 e. The summed E-state index contributed by atoms with van der Waals surface area (Å²) in [5.41, 5.74) is 7.53. The van der Waals surface area contributed by atoms with E-state index in [2.05, 4.69) is 50.7 Å². The molecular formula is C55H63ClF2N8O7. The van der Waals surface area contributed by atoms with Crippen molar-refractivity contribution in [2.24, 2.45) is 18.7 Å². The summed E-state index contributed by atoms with van der Waals surface area (Å²) in [6.45, 7) is 6.70. The minimum Gasteiger partial charge on any atom is -0.488 e. The van der Waals surface area contributed by atoms with Crippen molar-refractivity contribution in [2.45, 2.75) is 107 Å². The van der Waals surface area contributed by atoms with Crippen LogP contribution in [0.1, 0.15) is 111 Å². The zero-order valence-electron chi connectivity index (χ0n) is 41.5. The van der Waals surface area contributed by atoms with Crippen molar-refractivity contribution in [3.8, 4) is 22.6 Å². The summed E-state index contributed by atoms with van der Waals surface area (Å²) in [6, 6.07) is 20.2. The van der Waals surface area contributed by atoms with Crippen LogP contribution in [0.4, 0.5) is 19.4 Å². The molecule has 5 amide bonds. The second-order valence-corrected chi connectivity index (χ2v) is 20.9. The molecule has 386 valence electrons. The fraction of sp³-hybridized carbons (Fsp3) is 0.473. The van der Waals surface area contributed by atoms with Gasteiger partial charge in [-0.3, -0.25) is 34.2 Å². The van der Waals surface area contributed by atoms with Crippen LogP contribution >= 0.6 is 11.6 Å². The molecule has 73 heavy (non-hydrogen) atoms. The molecule has 10 rings (SSSR count). The van der Waals surface area contributed by atoms with Gasteiger partial charge in [-0.05, 0) is 106 Å². The van der Waals surface area contributed by atoms with E-state index in [-0.39, 0.29) is 71.6 Å². The number of benzene rings is 4. The zero-order chi connectivity index (χ0) is 51.3. The number of carbonyl (C=O) groups is 4. The summed E-state index contributed by atoms with van der Waals surface area (Å²) < 4.78 is 46.5. The van der Waals surface area contributed by atoms with Gasteiger partial charge in [-0.1, -0.05) is 54.9 Å². The number of aliphatic hydroxyl groups excluding tert-OH is 1. The topological polar surface area (TPSA) is 185 Å². The number of likely N-dealkylation sites (tertiary alicyclic amines) is 2. The number of rotatable bonds is 13. The van der Waals surface area contributed by atoms with Gasteiger partial charge in [0.1, 0.15) is 18.2 Å². The number of nitrogens with one attached hydrogen (secondary N) is 2. The number of halogens is 3. The van der Waals surface area contributed by atoms with E-state index in [1.54, 1.807) is 4.90 Å². The van der Waals surface area contributed by atoms with Crippen LogP contribution in [-0.2, 0) is 22.2 Å². The van der Waals surface area contributed by atoms with Crippen molar-refractivity contribution >= 4 is 52.1 Å². The Morgan fingerprint density at radius 1 is 0.959 bits per heavy atom. The maximum absolute atomic E-state index is 16.5. The van der Waals surface area contributed by atoms with Gasteiger partial charge in [0.05, 0.1) is 22.7 Å². The molecule has 0 bridgehead atoms. The van der Waals surface area contributed by atoms with E-state index in [1.165, 1.54) is 23.8 Å². The average molecular weight is 1020 g/mol. The number of aromatic nitrogens is 2. The van der Waals surface area contributed by atoms with Crippen molar-refractivity contribution in [3.63, 3.8) is 0 Å². The Kier molecular flexibility index (Phi) is 14.2. The Hall–Kier alpha value is -6.14. The Morgan fingerprint density at radius 3 is 2.41 bits per heavy atom. The summed E-state index contributed by atoms with van der Waals surface area (Å²) in [5, 5.41) is 20.7. The fourth-order valence-electron chi connectivity index (χ4n) is 12.5. The van der Waals surface area contributed by atoms with Crippen LogP contribution in [0.15, 0.2) is 66.7 Å². The molecule has 1 aromatic heterocycles. The van der Waals surface area contributed by atoms with Crippen LogP contribution in [-0.4, -0.2) is 113 Å². The van der Waals surface area contributed by atoms with Crippen molar-refractivity contribution < 1.29 is 42.5 Å². The number of aryl methyl sites for hydroxylation is 1. The number of primary amides is 1. The van der Waals surface area contributed by atoms with Crippen LogP contribution in [0, 0.1) is 17.6 Å². The van der Waals surface area contributed by atoms with Crippen molar-refractivity contribution in [1.29, 1.82) is 0 Å². The number of aliphatic hydroxyl groups is 1. The number of fused-ring (bicyclic) bond motifs is 2. The van der Waals surface area contributed by atoms with Gasteiger partial charge < -0.3 is 30.5 Å². The lowest BCUT2D eigenvalue weighted by molar-refractivity contribution is -0.138. The molecule has 4 aromatic carbocycles. The highest BCUT2D eigenvalue weighted by molar-refractivity contribution is 6.34. The third-order valence-electron chi connectivity index (χ3n) is 16.4. The number of urea groups is 1. The molecule has 1 saturated carbocycles. The highest BCUT2D eigenvalue weighted by atomic mass is 35.5. The normalized spacial score (nSPS) is 24.9. The lowest BCUT2D eigenvalue weighted by Crippen LogP contribution is -2.53. The van der Waals surface area contributed by atoms with Gasteiger partial charge in [0.15, 0.2) is 23.0 Å². The predicted octanol–water partition coefficient (Wildman–Crippen LogP) is 7.89. The molecule has 4 aliphatic heterocycles. The van der Waals surface area contributed by atoms with Gasteiger partial charge in [0.25, 0.3) is 0 Å². The van der Waals surface area contributed by atoms with E-state index in [0.29, 0.717) is 42.5 Å². The standard InChI is InChI=1S/C55H63ClF2N8O7/c1-31-27-35(34-11-14-39-42(28-34)63(3)62-52(39)66-24-20-45(68)61-54(66)71)17-23-65(31)38-18-21-64(22-19-38)53(70)33-9-12-37(13-10-33)60-30-55(36-7-5-4-6-8-36)32(2)46-44(73-55)29-41(57)49(56)48(46)47-40(51(59)69)15-16-43(50(47)58)72-26-25-67/h4-8,11,14-16,28-29,31-33,35,37-38,60,67H,9-10,12-13,17-27,30H2,1-3H3,(H2,59,69)(H,61,68,71)/t31?,32-,33?,35-,37?,55-/m0/s1. The number of amides is 5. The van der Waals surface area contributed by atoms with Gasteiger partial charge in [-0.25, -0.2) is 13.6 Å². The SMILES string of the molecule is CC1C[C@@H](c2ccc3c(N4CCC(=O)NC4=O)nn(C)c3c2)CCN1C1CCN(C(=O)C2CCC(NC[C@]3(c4ccccc4)Oc4cc(F)c(Cl)c(-c5c(C(N)=O)ccc(OCCO)c5F)c4[C@@H]3C)CC2)CC1. The molecule has 0 radical (unpaired) electrons. The first-order valence-electron chi connectivity index (χ1n) is 25.7. The van der Waals surface area contributed by atoms with Crippen LogP contribution < -0.4 is 30.7 Å². The Morgan fingerprint density at radius 2 is 1.71 bits per heavy atom. The molecule has 4 atom stereocenters. The smallest absolute Gasteiger partial charge is 0.329 e. The average Bonchev–Trinajstić information content (AvgIpc) is 3.87. The first-order valence-corrected chi connectivity index (χ1v) is 26.0. The summed E-state index contributed by atoms with van der Waals surface area (Å²) >= 11 is 6.73. The summed E-state index contributed by atoms with van der Waals surface area (Å²) in [7, 11) is 1.89. The van der Waals surface area contributed by atoms with E-state index in [9.17, 15) is 24.3 Å². The number of hydrogen-bond donors (Lipinski definition) is 4. The van der Waals surface area contributed by atoms with E-state index < -0.39 is 40.1 Å². The lowest BCUT2D eigenvalue weighted by atomic mass is 9.77. The largest absolute Gasteiger partial charge is 0.488 e. The summed E-state index contributed by atoms with van der Waals surface area (Å²) in [4.78, 5) is 57.5. The number of hydrogen-bond acceptors (Lipinski definition) is 10. The number of carbonyl (C=O) groups excluding carboxylic acids is 4. The van der Waals surface area contributed by atoms with Crippen molar-refractivity contribution in [3.05, 3.63) is 106 Å². The molecule has 15 nitrogen and oxygen atoms in total. The van der Waals surface area contributed by atoms with Gasteiger partial charge in [-0.15, -0.1) is 0 Å². The van der Waals surface area contributed by atoms with E-state index in [1.807, 2.05) is 49.0 Å². The molecule has 3 saturated heterocycles. The van der Waals surface area contributed by atoms with Gasteiger partial charge in [0.2, 0.25) is 17.7 Å². The zero-order valence-corrected chi connectivity index (χ0v) is 42.2. The third-order valence-corrected chi connectivity index (χ3v) is 16.8. The van der Waals surface area contributed by atoms with Gasteiger partial charge >= 0.3 is 6.03 Å². The van der Waals surface area contributed by atoms with E-state index >= 15 is 8.78 Å². The molecule has 5 aliphatic rings. The third kappa shape index (κ3) is 9.42. The number of anilines is 1. The second-order valence-electron chi connectivity index (χ2n) is 20.5. The molecule has 5 heterocycles. The first-order chi connectivity index (χ1) is 35.2. The lowest BCUT2D eigenvalue weighted by Gasteiger charge is -2.46. The number of nitrogens with zero attached hydrogens (tertiary/aromatic N) is 5. The predicted molar refractivity (Wildman–Crippen MR) is 273 cm³/mol. The maximum atomic E-state index is 16.5. The minimum absolute atomic E-state index is 0.0514. The molecule has 5 aromatic rings. The minimum atomic E-state index is -1.11. The Balaban J connectivity index is 0.757. The van der Waals surface area contributed by atoms with Gasteiger partial charge in [0, 0.05) is 97.8 Å². The molecule has 0 spiro atoms. The van der Waals surface area contributed by atoms with Crippen LogP contribution in [0.25, 0.3) is 22.0 Å². The number of imide groups is 1. The molecule has 4 fully saturated rings. The first kappa shape index (κ1) is 50.4. The van der Waals surface area contributed by atoms with Crippen molar-refractivity contribution in [2.75, 3.05) is 50.8 Å². The highest BCUT2D eigenvalue weighted by Gasteiger charge is 2.50. The van der Waals surface area contributed by atoms with Crippen LogP contribution in [0.2, 0.25) is 5.02 Å². The van der Waals surface area contributed by atoms with Crippen LogP contribution in [0.5, 0.6) is 11.5 Å². The highest BCUT2D eigenvalue weighted by Crippen LogP contribution is 2.56. The number of ether oxygens (including phenoxy) is 2. The fourth-order valence-corrected chi connectivity index (χ4v) is 12.8. The summed E-state index contributed by atoms with van der Waals surface area (Å²) in [5.74, 6) is -2.57. The van der Waals surface area contributed by atoms with Gasteiger partial charge in [-0.2, -0.15) is 5.10 Å².